The lowest BCUT2D eigenvalue weighted by Crippen LogP contribution is -2.35. The molecule has 1 amide bonds. The highest BCUT2D eigenvalue weighted by atomic mass is 79.9. The van der Waals surface area contributed by atoms with E-state index in [9.17, 15) is 9.59 Å². The number of benzene rings is 2. The summed E-state index contributed by atoms with van der Waals surface area (Å²) in [7, 11) is 3.15. The van der Waals surface area contributed by atoms with E-state index in [1.165, 1.54) is 15.8 Å². The summed E-state index contributed by atoms with van der Waals surface area (Å²) in [5.74, 6) is 0.827. The molecule has 1 atom stereocenters. The number of hydrazone groups is 1. The van der Waals surface area contributed by atoms with Crippen LogP contribution in [0.3, 0.4) is 0 Å². The summed E-state index contributed by atoms with van der Waals surface area (Å²) in [5.41, 5.74) is 2.74. The number of hydrogen-bond acceptors (Lipinski definition) is 7. The molecule has 0 bridgehead atoms. The van der Waals surface area contributed by atoms with Crippen molar-refractivity contribution in [3.8, 4) is 22.8 Å². The van der Waals surface area contributed by atoms with Gasteiger partial charge in [-0.05, 0) is 47.3 Å². The second-order valence-electron chi connectivity index (χ2n) is 8.32. The van der Waals surface area contributed by atoms with E-state index in [4.69, 9.17) is 14.6 Å². The first-order valence-corrected chi connectivity index (χ1v) is 13.1. The third-order valence-corrected chi connectivity index (χ3v) is 7.50. The van der Waals surface area contributed by atoms with E-state index < -0.39 is 0 Å². The molecular formula is C27H23BrN4O4S. The van der Waals surface area contributed by atoms with Crippen LogP contribution in [0, 0.1) is 0 Å². The summed E-state index contributed by atoms with van der Waals surface area (Å²) < 4.78 is 13.0. The number of rotatable bonds is 7. The molecule has 0 saturated heterocycles. The molecule has 5 rings (SSSR count). The van der Waals surface area contributed by atoms with Crippen LogP contribution < -0.4 is 15.0 Å². The molecule has 0 aliphatic carbocycles. The smallest absolute Gasteiger partial charge is 0.267 e. The zero-order valence-electron chi connectivity index (χ0n) is 20.1. The van der Waals surface area contributed by atoms with Crippen LogP contribution >= 0.6 is 27.3 Å². The second-order valence-corrected chi connectivity index (χ2v) is 10.2. The maximum atomic E-state index is 13.6. The summed E-state index contributed by atoms with van der Waals surface area (Å²) in [6.07, 6.45) is 0.531. The van der Waals surface area contributed by atoms with E-state index in [-0.39, 0.29) is 24.1 Å². The van der Waals surface area contributed by atoms with Crippen LogP contribution in [-0.4, -0.2) is 40.6 Å². The van der Waals surface area contributed by atoms with Gasteiger partial charge in [0.05, 0.1) is 36.5 Å². The number of thiophene rings is 1. The molecule has 188 valence electrons. The minimum Gasteiger partial charge on any atom is -0.493 e. The fraction of sp³-hybridized carbons (Fsp3) is 0.185. The van der Waals surface area contributed by atoms with E-state index in [0.29, 0.717) is 23.6 Å². The lowest BCUT2D eigenvalue weighted by molar-refractivity contribution is -0.133. The molecule has 2 aromatic heterocycles. The molecule has 2 aromatic carbocycles. The van der Waals surface area contributed by atoms with Crippen molar-refractivity contribution in [3.63, 3.8) is 0 Å². The minimum atomic E-state index is -0.366. The van der Waals surface area contributed by atoms with Gasteiger partial charge < -0.3 is 9.47 Å². The molecule has 37 heavy (non-hydrogen) atoms. The van der Waals surface area contributed by atoms with Crippen molar-refractivity contribution in [2.24, 2.45) is 5.10 Å². The van der Waals surface area contributed by atoms with Gasteiger partial charge >= 0.3 is 0 Å². The maximum absolute atomic E-state index is 13.6. The Morgan fingerprint density at radius 1 is 1.05 bits per heavy atom. The Bertz CT molecular complexity index is 1520. The number of nitrogens with zero attached hydrogens (tertiary/aromatic N) is 4. The second kappa shape index (κ2) is 10.7. The fourth-order valence-electron chi connectivity index (χ4n) is 4.19. The van der Waals surface area contributed by atoms with Crippen LogP contribution in [0.4, 0.5) is 0 Å². The van der Waals surface area contributed by atoms with Crippen molar-refractivity contribution in [2.45, 2.75) is 19.0 Å². The Kier molecular flexibility index (Phi) is 7.20. The summed E-state index contributed by atoms with van der Waals surface area (Å²) in [4.78, 5) is 27.2. The number of carbonyl (C=O) groups is 1. The summed E-state index contributed by atoms with van der Waals surface area (Å²) in [5, 5.41) is 12.6. The average molecular weight is 579 g/mol. The zero-order valence-corrected chi connectivity index (χ0v) is 22.5. The third kappa shape index (κ3) is 5.21. The Labute approximate surface area is 225 Å². The van der Waals surface area contributed by atoms with E-state index >= 15 is 0 Å². The summed E-state index contributed by atoms with van der Waals surface area (Å²) in [6, 6.07) is 19.8. The van der Waals surface area contributed by atoms with Crippen molar-refractivity contribution in [3.05, 3.63) is 97.4 Å². The van der Waals surface area contributed by atoms with Gasteiger partial charge in [0.25, 0.3) is 11.5 Å². The van der Waals surface area contributed by atoms with Gasteiger partial charge in [0.1, 0.15) is 6.54 Å². The third-order valence-electron chi connectivity index (χ3n) is 6.06. The molecule has 0 radical (unpaired) electrons. The van der Waals surface area contributed by atoms with Gasteiger partial charge in [-0.2, -0.15) is 10.2 Å². The van der Waals surface area contributed by atoms with E-state index in [2.05, 4.69) is 21.0 Å². The van der Waals surface area contributed by atoms with Crippen molar-refractivity contribution in [2.75, 3.05) is 14.2 Å². The number of methoxy groups -OCH3 is 2. The standard InChI is InChI=1S/C27H23BrN4O4S/c1-35-23-11-7-18(14-24(23)36-2)22-15-21(25-4-3-13-37-25)30-32(22)27(34)16-31-26(33)12-10-20(29-31)17-5-8-19(28)9-6-17/h3-14,22H,15-16H2,1-2H3. The first-order valence-electron chi connectivity index (χ1n) is 11.5. The van der Waals surface area contributed by atoms with Gasteiger partial charge in [-0.25, -0.2) is 9.69 Å². The van der Waals surface area contributed by atoms with Crippen molar-refractivity contribution in [1.29, 1.82) is 0 Å². The van der Waals surface area contributed by atoms with Gasteiger partial charge in [-0.3, -0.25) is 9.59 Å². The molecular weight excluding hydrogens is 556 g/mol. The highest BCUT2D eigenvalue weighted by molar-refractivity contribution is 9.10. The molecule has 1 unspecified atom stereocenters. The average Bonchev–Trinajstić information content (AvgIpc) is 3.60. The number of aromatic nitrogens is 2. The molecule has 0 spiro atoms. The highest BCUT2D eigenvalue weighted by Gasteiger charge is 2.34. The zero-order chi connectivity index (χ0) is 25.9. The van der Waals surface area contributed by atoms with Crippen molar-refractivity contribution < 1.29 is 14.3 Å². The monoisotopic (exact) mass is 578 g/mol. The van der Waals surface area contributed by atoms with Crippen LogP contribution in [0.15, 0.2) is 86.5 Å². The Morgan fingerprint density at radius 3 is 2.54 bits per heavy atom. The van der Waals surface area contributed by atoms with E-state index in [1.54, 1.807) is 31.6 Å². The lowest BCUT2D eigenvalue weighted by Gasteiger charge is -2.23. The summed E-state index contributed by atoms with van der Waals surface area (Å²) >= 11 is 4.99. The molecule has 4 aromatic rings. The van der Waals surface area contributed by atoms with Crippen LogP contribution in [0.1, 0.15) is 22.9 Å². The van der Waals surface area contributed by atoms with E-state index in [0.717, 1.165) is 26.2 Å². The van der Waals surface area contributed by atoms with Crippen molar-refractivity contribution in [1.82, 2.24) is 14.8 Å². The molecule has 1 aliphatic rings. The first kappa shape index (κ1) is 24.9. The first-order chi connectivity index (χ1) is 18.0. The summed E-state index contributed by atoms with van der Waals surface area (Å²) in [6.45, 7) is -0.242. The molecule has 8 nitrogen and oxygen atoms in total. The number of ether oxygens (including phenoxy) is 2. The largest absolute Gasteiger partial charge is 0.493 e. The van der Waals surface area contributed by atoms with Crippen LogP contribution in [-0.2, 0) is 11.3 Å². The topological polar surface area (TPSA) is 86.0 Å². The van der Waals surface area contributed by atoms with Crippen LogP contribution in [0.2, 0.25) is 0 Å². The molecule has 3 heterocycles. The molecule has 0 N–H and O–H groups in total. The van der Waals surface area contributed by atoms with Gasteiger partial charge in [-0.1, -0.05) is 40.2 Å². The van der Waals surface area contributed by atoms with Gasteiger partial charge in [0.2, 0.25) is 0 Å². The van der Waals surface area contributed by atoms with Crippen molar-refractivity contribution >= 4 is 38.9 Å². The Balaban J connectivity index is 1.47. The Hall–Kier alpha value is -3.76. The van der Waals surface area contributed by atoms with Gasteiger partial charge in [0, 0.05) is 22.5 Å². The number of carbonyl (C=O) groups excluding carboxylic acids is 1. The predicted molar refractivity (Wildman–Crippen MR) is 146 cm³/mol. The minimum absolute atomic E-state index is 0.242. The quantitative estimate of drug-likeness (QED) is 0.303. The van der Waals surface area contributed by atoms with Gasteiger partial charge in [-0.15, -0.1) is 11.3 Å². The normalized spacial score (nSPS) is 14.9. The molecule has 1 aliphatic heterocycles. The SMILES string of the molecule is COc1ccc(C2CC(c3cccs3)=NN2C(=O)Cn2nc(-c3ccc(Br)cc3)ccc2=O)cc1OC. The Morgan fingerprint density at radius 2 is 1.84 bits per heavy atom. The van der Waals surface area contributed by atoms with Gasteiger partial charge in [0.15, 0.2) is 11.5 Å². The van der Waals surface area contributed by atoms with Crippen LogP contribution in [0.5, 0.6) is 11.5 Å². The highest BCUT2D eigenvalue weighted by Crippen LogP contribution is 2.38. The molecule has 10 heteroatoms. The fourth-order valence-corrected chi connectivity index (χ4v) is 5.17. The predicted octanol–water partition coefficient (Wildman–Crippen LogP) is 5.13. The number of halogens is 1. The van der Waals surface area contributed by atoms with E-state index in [1.807, 2.05) is 60.0 Å². The molecule has 0 fully saturated rings. The maximum Gasteiger partial charge on any atom is 0.267 e. The number of amides is 1. The van der Waals surface area contributed by atoms with Crippen LogP contribution in [0.25, 0.3) is 11.3 Å². The molecule has 0 saturated carbocycles. The number of hydrogen-bond donors (Lipinski definition) is 0. The lowest BCUT2D eigenvalue weighted by atomic mass is 10.0.